The molecule has 0 unspecified atom stereocenters. The molecule has 0 aliphatic rings. The van der Waals surface area contributed by atoms with Gasteiger partial charge in [0.25, 0.3) is 0 Å². The van der Waals surface area contributed by atoms with Crippen LogP contribution in [0.15, 0.2) is 53.9 Å². The second-order valence-electron chi connectivity index (χ2n) is 5.18. The Hall–Kier alpha value is -3.07. The van der Waals surface area contributed by atoms with E-state index >= 15 is 0 Å². The summed E-state index contributed by atoms with van der Waals surface area (Å²) in [6, 6.07) is 10.9. The normalized spacial score (nSPS) is 10.5. The van der Waals surface area contributed by atoms with Crippen LogP contribution in [0.1, 0.15) is 6.92 Å². The molecule has 0 bridgehead atoms. The van der Waals surface area contributed by atoms with Crippen LogP contribution < -0.4 is 15.9 Å². The summed E-state index contributed by atoms with van der Waals surface area (Å²) < 4.78 is 6.85. The minimum atomic E-state index is -0.187. The number of aromatic nitrogens is 4. The number of pyridine rings is 1. The van der Waals surface area contributed by atoms with Gasteiger partial charge >= 0.3 is 0 Å². The highest BCUT2D eigenvalue weighted by atomic mass is 32.2. The molecule has 9 heteroatoms. The molecule has 1 aromatic carbocycles. The lowest BCUT2D eigenvalue weighted by atomic mass is 10.3. The Morgan fingerprint density at radius 2 is 2.12 bits per heavy atom. The molecule has 3 N–H and O–H groups in total. The average Bonchev–Trinajstić information content (AvgIpc) is 3.03. The van der Waals surface area contributed by atoms with Gasteiger partial charge in [-0.05, 0) is 31.2 Å². The predicted molar refractivity (Wildman–Crippen MR) is 100 cm³/mol. The third-order valence-corrected chi connectivity index (χ3v) is 4.32. The maximum absolute atomic E-state index is 12.2. The van der Waals surface area contributed by atoms with Crippen LogP contribution in [-0.4, -0.2) is 38.1 Å². The van der Waals surface area contributed by atoms with E-state index in [9.17, 15) is 4.79 Å². The van der Waals surface area contributed by atoms with Crippen molar-refractivity contribution in [1.82, 2.24) is 19.9 Å². The van der Waals surface area contributed by atoms with Gasteiger partial charge in [0.1, 0.15) is 5.75 Å². The van der Waals surface area contributed by atoms with Gasteiger partial charge in [-0.3, -0.25) is 9.78 Å². The van der Waals surface area contributed by atoms with Crippen LogP contribution in [0, 0.1) is 0 Å². The molecule has 1 amide bonds. The van der Waals surface area contributed by atoms with Crippen molar-refractivity contribution in [2.24, 2.45) is 0 Å². The Morgan fingerprint density at radius 3 is 2.88 bits per heavy atom. The van der Waals surface area contributed by atoms with E-state index in [4.69, 9.17) is 10.6 Å². The molecule has 2 heterocycles. The molecule has 0 saturated carbocycles. The number of nitrogens with two attached hydrogens (primary N) is 1. The Labute approximate surface area is 154 Å². The summed E-state index contributed by atoms with van der Waals surface area (Å²) in [5.41, 5.74) is 1.38. The Kier molecular flexibility index (Phi) is 5.69. The van der Waals surface area contributed by atoms with Gasteiger partial charge in [0, 0.05) is 18.0 Å². The number of benzene rings is 1. The van der Waals surface area contributed by atoms with Crippen molar-refractivity contribution in [1.29, 1.82) is 0 Å². The van der Waals surface area contributed by atoms with Crippen LogP contribution in [0.2, 0.25) is 0 Å². The van der Waals surface area contributed by atoms with Crippen LogP contribution in [0.5, 0.6) is 5.75 Å². The molecule has 0 atom stereocenters. The van der Waals surface area contributed by atoms with E-state index in [-0.39, 0.29) is 11.7 Å². The molecule has 8 nitrogen and oxygen atoms in total. The summed E-state index contributed by atoms with van der Waals surface area (Å²) >= 11 is 1.20. The van der Waals surface area contributed by atoms with E-state index in [0.29, 0.717) is 29.0 Å². The molecular weight excluding hydrogens is 352 g/mol. The molecule has 0 aliphatic heterocycles. The van der Waals surface area contributed by atoms with Gasteiger partial charge in [-0.15, -0.1) is 10.2 Å². The van der Waals surface area contributed by atoms with E-state index in [2.05, 4.69) is 20.5 Å². The number of hydrogen-bond donors (Lipinski definition) is 2. The highest BCUT2D eigenvalue weighted by Gasteiger charge is 2.14. The average molecular weight is 370 g/mol. The third kappa shape index (κ3) is 4.12. The number of para-hydroxylation sites is 2. The zero-order valence-electron chi connectivity index (χ0n) is 14.1. The summed E-state index contributed by atoms with van der Waals surface area (Å²) in [4.78, 5) is 16.3. The zero-order chi connectivity index (χ0) is 18.4. The molecule has 0 fully saturated rings. The number of nitrogens with one attached hydrogen (secondary N) is 1. The highest BCUT2D eigenvalue weighted by Crippen LogP contribution is 2.25. The molecule has 0 radical (unpaired) electrons. The fourth-order valence-electron chi connectivity index (χ4n) is 2.24. The summed E-state index contributed by atoms with van der Waals surface area (Å²) in [6.45, 7) is 2.41. The SMILES string of the molecule is CCOc1ccccc1NC(=O)CSc1nnc(-c2cccnc2)n1N. The number of hydrogen-bond acceptors (Lipinski definition) is 7. The van der Waals surface area contributed by atoms with Crippen LogP contribution in [0.3, 0.4) is 0 Å². The quantitative estimate of drug-likeness (QED) is 0.485. The van der Waals surface area contributed by atoms with Gasteiger partial charge in [-0.2, -0.15) is 0 Å². The summed E-state index contributed by atoms with van der Waals surface area (Å²) in [6.07, 6.45) is 3.32. The van der Waals surface area contributed by atoms with Crippen molar-refractivity contribution >= 4 is 23.4 Å². The lowest BCUT2D eigenvalue weighted by Crippen LogP contribution is -2.17. The highest BCUT2D eigenvalue weighted by molar-refractivity contribution is 7.99. The Bertz CT molecular complexity index is 884. The number of nitrogen functional groups attached to an aromatic ring is 1. The summed E-state index contributed by atoms with van der Waals surface area (Å²) in [5.74, 6) is 7.11. The van der Waals surface area contributed by atoms with Crippen molar-refractivity contribution < 1.29 is 9.53 Å². The monoisotopic (exact) mass is 370 g/mol. The lowest BCUT2D eigenvalue weighted by molar-refractivity contribution is -0.113. The largest absolute Gasteiger partial charge is 0.492 e. The first-order chi connectivity index (χ1) is 12.7. The standard InChI is InChI=1S/C17H18N6O2S/c1-2-25-14-8-4-3-7-13(14)20-15(24)11-26-17-22-21-16(23(17)18)12-6-5-9-19-10-12/h3-10H,2,11,18H2,1H3,(H,20,24). The predicted octanol–water partition coefficient (Wildman–Crippen LogP) is 2.18. The van der Waals surface area contributed by atoms with Crippen molar-refractivity contribution in [3.63, 3.8) is 0 Å². The summed E-state index contributed by atoms with van der Waals surface area (Å²) in [5, 5.41) is 11.4. The first-order valence-corrected chi connectivity index (χ1v) is 8.93. The molecule has 0 saturated heterocycles. The topological polar surface area (TPSA) is 108 Å². The molecular formula is C17H18N6O2S. The number of amides is 1. The number of carbonyl (C=O) groups is 1. The number of rotatable bonds is 7. The van der Waals surface area contributed by atoms with Gasteiger partial charge in [0.15, 0.2) is 5.82 Å². The third-order valence-electron chi connectivity index (χ3n) is 3.38. The minimum absolute atomic E-state index is 0.142. The van der Waals surface area contributed by atoms with E-state index < -0.39 is 0 Å². The number of thioether (sulfide) groups is 1. The Balaban J connectivity index is 1.63. The number of ether oxygens (including phenoxy) is 1. The van der Waals surface area contributed by atoms with Crippen molar-refractivity contribution in [3.05, 3.63) is 48.8 Å². The van der Waals surface area contributed by atoms with Gasteiger partial charge < -0.3 is 15.9 Å². The van der Waals surface area contributed by atoms with Crippen LogP contribution in [-0.2, 0) is 4.79 Å². The summed E-state index contributed by atoms with van der Waals surface area (Å²) in [7, 11) is 0. The van der Waals surface area contributed by atoms with E-state index in [1.165, 1.54) is 16.4 Å². The number of anilines is 1. The van der Waals surface area contributed by atoms with Crippen molar-refractivity contribution in [2.45, 2.75) is 12.1 Å². The maximum atomic E-state index is 12.2. The maximum Gasteiger partial charge on any atom is 0.234 e. The minimum Gasteiger partial charge on any atom is -0.492 e. The Morgan fingerprint density at radius 1 is 1.27 bits per heavy atom. The molecule has 3 aromatic rings. The molecule has 0 aliphatic carbocycles. The molecule has 26 heavy (non-hydrogen) atoms. The molecule has 134 valence electrons. The smallest absolute Gasteiger partial charge is 0.234 e. The van der Waals surface area contributed by atoms with Crippen LogP contribution >= 0.6 is 11.8 Å². The fraction of sp³-hybridized carbons (Fsp3) is 0.176. The van der Waals surface area contributed by atoms with Gasteiger partial charge in [0.2, 0.25) is 11.1 Å². The second kappa shape index (κ2) is 8.34. The van der Waals surface area contributed by atoms with Crippen LogP contribution in [0.25, 0.3) is 11.4 Å². The van der Waals surface area contributed by atoms with E-state index in [1.807, 2.05) is 31.2 Å². The van der Waals surface area contributed by atoms with Gasteiger partial charge in [0.05, 0.1) is 18.0 Å². The number of nitrogens with zero attached hydrogens (tertiary/aromatic N) is 4. The zero-order valence-corrected chi connectivity index (χ0v) is 14.9. The molecule has 3 rings (SSSR count). The van der Waals surface area contributed by atoms with Gasteiger partial charge in [-0.1, -0.05) is 23.9 Å². The van der Waals surface area contributed by atoms with E-state index in [1.54, 1.807) is 24.5 Å². The number of carbonyl (C=O) groups excluding carboxylic acids is 1. The first kappa shape index (κ1) is 17.7. The first-order valence-electron chi connectivity index (χ1n) is 7.94. The fourth-order valence-corrected chi connectivity index (χ4v) is 2.89. The van der Waals surface area contributed by atoms with Crippen molar-refractivity contribution in [3.8, 4) is 17.1 Å². The molecule has 2 aromatic heterocycles. The molecule has 0 spiro atoms. The van der Waals surface area contributed by atoms with Crippen molar-refractivity contribution in [2.75, 3.05) is 23.5 Å². The van der Waals surface area contributed by atoms with E-state index in [0.717, 1.165) is 5.56 Å². The lowest BCUT2D eigenvalue weighted by Gasteiger charge is -2.11. The van der Waals surface area contributed by atoms with Gasteiger partial charge in [-0.25, -0.2) is 4.68 Å². The second-order valence-corrected chi connectivity index (χ2v) is 6.13. The van der Waals surface area contributed by atoms with Crippen LogP contribution in [0.4, 0.5) is 5.69 Å².